The number of aromatic nitrogens is 3. The van der Waals surface area contributed by atoms with Gasteiger partial charge in [-0.3, -0.25) is 14.6 Å². The summed E-state index contributed by atoms with van der Waals surface area (Å²) in [6.07, 6.45) is 10.4. The van der Waals surface area contributed by atoms with Gasteiger partial charge in [-0.25, -0.2) is 4.52 Å². The van der Waals surface area contributed by atoms with Gasteiger partial charge in [-0.1, -0.05) is 13.8 Å². The predicted octanol–water partition coefficient (Wildman–Crippen LogP) is 2.41. The van der Waals surface area contributed by atoms with Gasteiger partial charge in [0.15, 0.2) is 0 Å². The number of nitrogens with zero attached hydrogens (tertiary/aromatic N) is 4. The molecule has 0 radical (unpaired) electrons. The van der Waals surface area contributed by atoms with Gasteiger partial charge in [0.25, 0.3) is 11.8 Å². The van der Waals surface area contributed by atoms with E-state index in [4.69, 9.17) is 0 Å². The molecule has 5 rings (SSSR count). The first-order chi connectivity index (χ1) is 16.8. The van der Waals surface area contributed by atoms with Gasteiger partial charge in [0, 0.05) is 56.7 Å². The first kappa shape index (κ1) is 23.3. The van der Waals surface area contributed by atoms with E-state index in [0.29, 0.717) is 28.8 Å². The zero-order valence-corrected chi connectivity index (χ0v) is 20.9. The zero-order valence-electron chi connectivity index (χ0n) is 20.0. The van der Waals surface area contributed by atoms with Crippen LogP contribution in [-0.2, 0) is 4.79 Å². The molecule has 9 nitrogen and oxygen atoms in total. The second-order valence-electron chi connectivity index (χ2n) is 9.81. The fraction of sp³-hybridized carbons (Fsp3) is 0.360. The van der Waals surface area contributed by atoms with Crippen LogP contribution in [0.1, 0.15) is 31.1 Å². The van der Waals surface area contributed by atoms with Gasteiger partial charge in [-0.15, -0.1) is 11.3 Å². The van der Waals surface area contributed by atoms with Gasteiger partial charge in [0.2, 0.25) is 0 Å². The molecule has 2 aliphatic rings. The summed E-state index contributed by atoms with van der Waals surface area (Å²) in [6, 6.07) is 3.71. The third kappa shape index (κ3) is 4.98. The molecular formula is C25H29N7O2S. The van der Waals surface area contributed by atoms with Crippen LogP contribution < -0.4 is 16.0 Å². The molecular weight excluding hydrogens is 462 g/mol. The van der Waals surface area contributed by atoms with E-state index in [1.54, 1.807) is 35.4 Å². The lowest BCUT2D eigenvalue weighted by molar-refractivity contribution is -0.117. The maximum absolute atomic E-state index is 13.1. The highest BCUT2D eigenvalue weighted by Gasteiger charge is 2.33. The summed E-state index contributed by atoms with van der Waals surface area (Å²) in [5.74, 6) is -0.422. The Morgan fingerprint density at radius 1 is 1.23 bits per heavy atom. The average Bonchev–Trinajstić information content (AvgIpc) is 3.41. The van der Waals surface area contributed by atoms with Crippen molar-refractivity contribution in [2.24, 2.45) is 5.41 Å². The van der Waals surface area contributed by atoms with Crippen molar-refractivity contribution in [3.05, 3.63) is 66.0 Å². The molecule has 1 saturated heterocycles. The lowest BCUT2D eigenvalue weighted by atomic mass is 9.84. The van der Waals surface area contributed by atoms with Crippen LogP contribution in [0.4, 0.5) is 0 Å². The summed E-state index contributed by atoms with van der Waals surface area (Å²) >= 11 is 1.50. The molecule has 0 aromatic carbocycles. The van der Waals surface area contributed by atoms with Crippen LogP contribution >= 0.6 is 11.3 Å². The van der Waals surface area contributed by atoms with Gasteiger partial charge >= 0.3 is 0 Å². The maximum Gasteiger partial charge on any atom is 0.260 e. The average molecular weight is 492 g/mol. The number of likely N-dealkylation sites (tertiary alicyclic amines) is 1. The minimum absolute atomic E-state index is 0.138. The van der Waals surface area contributed by atoms with Gasteiger partial charge in [0.1, 0.15) is 4.83 Å². The molecule has 2 aliphatic heterocycles. The van der Waals surface area contributed by atoms with Crippen molar-refractivity contribution in [2.45, 2.75) is 26.8 Å². The summed E-state index contributed by atoms with van der Waals surface area (Å²) in [5.41, 5.74) is 3.00. The number of nitrogens with one attached hydrogen (secondary N) is 3. The number of fused-ring (bicyclic) bond motifs is 1. The molecule has 1 fully saturated rings. The molecule has 1 atom stereocenters. The van der Waals surface area contributed by atoms with Crippen molar-refractivity contribution < 1.29 is 9.59 Å². The number of rotatable bonds is 7. The molecule has 10 heteroatoms. The second kappa shape index (κ2) is 9.27. The van der Waals surface area contributed by atoms with E-state index in [1.807, 2.05) is 25.3 Å². The van der Waals surface area contributed by atoms with Crippen LogP contribution in [0, 0.1) is 5.41 Å². The highest BCUT2D eigenvalue weighted by molar-refractivity contribution is 7.21. The number of hydrogen-bond donors (Lipinski definition) is 3. The molecule has 1 unspecified atom stereocenters. The molecule has 3 N–H and O–H groups in total. The van der Waals surface area contributed by atoms with Crippen molar-refractivity contribution >= 4 is 28.0 Å². The van der Waals surface area contributed by atoms with E-state index in [2.05, 4.69) is 44.8 Å². The molecule has 3 aromatic heterocycles. The van der Waals surface area contributed by atoms with E-state index in [0.717, 1.165) is 34.9 Å². The Hall–Kier alpha value is -3.50. The van der Waals surface area contributed by atoms with E-state index < -0.39 is 0 Å². The second-order valence-corrected chi connectivity index (χ2v) is 10.8. The van der Waals surface area contributed by atoms with Crippen LogP contribution in [-0.4, -0.2) is 63.5 Å². The number of pyridine rings is 1. The number of thiazole rings is 1. The number of hydrogen-bond acceptors (Lipinski definition) is 7. The lowest BCUT2D eigenvalue weighted by Crippen LogP contribution is -2.54. The minimum atomic E-state index is -0.259. The van der Waals surface area contributed by atoms with Crippen molar-refractivity contribution in [2.75, 3.05) is 26.2 Å². The van der Waals surface area contributed by atoms with Gasteiger partial charge in [-0.05, 0) is 36.1 Å². The topological polar surface area (TPSA) is 104 Å². The Morgan fingerprint density at radius 3 is 2.74 bits per heavy atom. The predicted molar refractivity (Wildman–Crippen MR) is 136 cm³/mol. The Labute approximate surface area is 207 Å². The zero-order chi connectivity index (χ0) is 24.6. The first-order valence-corrected chi connectivity index (χ1v) is 12.5. The summed E-state index contributed by atoms with van der Waals surface area (Å²) < 4.78 is 1.71. The fourth-order valence-corrected chi connectivity index (χ4v) is 5.52. The highest BCUT2D eigenvalue weighted by Crippen LogP contribution is 2.30. The molecule has 182 valence electrons. The van der Waals surface area contributed by atoms with Gasteiger partial charge in [-0.2, -0.15) is 5.10 Å². The van der Waals surface area contributed by atoms with Crippen LogP contribution in [0.5, 0.6) is 0 Å². The van der Waals surface area contributed by atoms with E-state index in [1.165, 1.54) is 11.3 Å². The number of amides is 2. The number of carbonyl (C=O) groups is 2. The smallest absolute Gasteiger partial charge is 0.260 e. The quantitative estimate of drug-likeness (QED) is 0.469. The summed E-state index contributed by atoms with van der Waals surface area (Å²) in [4.78, 5) is 34.0. The molecule has 2 amide bonds. The SMILES string of the molecule is CC1NC=C(C(=O)NCCN2CC(C)(C)C2)C=C1NC(=O)c1cnn2cc(-c3ccncc3)sc12. The summed E-state index contributed by atoms with van der Waals surface area (Å²) in [7, 11) is 0. The van der Waals surface area contributed by atoms with Crippen molar-refractivity contribution in [3.63, 3.8) is 0 Å². The Balaban J connectivity index is 1.23. The van der Waals surface area contributed by atoms with Crippen molar-refractivity contribution in [1.29, 1.82) is 0 Å². The Bertz CT molecular complexity index is 1310. The summed E-state index contributed by atoms with van der Waals surface area (Å²) in [6.45, 7) is 9.95. The van der Waals surface area contributed by atoms with Gasteiger partial charge < -0.3 is 20.9 Å². The van der Waals surface area contributed by atoms with Crippen molar-refractivity contribution in [3.8, 4) is 10.4 Å². The third-order valence-corrected chi connectivity index (χ3v) is 7.37. The van der Waals surface area contributed by atoms with Crippen LogP contribution in [0.2, 0.25) is 0 Å². The van der Waals surface area contributed by atoms with Crippen LogP contribution in [0.3, 0.4) is 0 Å². The maximum atomic E-state index is 13.1. The number of dihydropyridines is 1. The highest BCUT2D eigenvalue weighted by atomic mass is 32.1. The van der Waals surface area contributed by atoms with Crippen molar-refractivity contribution in [1.82, 2.24) is 35.4 Å². The Kier molecular flexibility index (Phi) is 6.16. The molecule has 0 spiro atoms. The van der Waals surface area contributed by atoms with E-state index in [-0.39, 0.29) is 17.9 Å². The monoisotopic (exact) mass is 491 g/mol. The van der Waals surface area contributed by atoms with Crippen LogP contribution in [0.25, 0.3) is 15.3 Å². The van der Waals surface area contributed by atoms with E-state index in [9.17, 15) is 9.59 Å². The first-order valence-electron chi connectivity index (χ1n) is 11.7. The molecule has 35 heavy (non-hydrogen) atoms. The fourth-order valence-electron chi connectivity index (χ4n) is 4.46. The molecule has 5 heterocycles. The standard InChI is InChI=1S/C25H29N7O2S/c1-16-20(10-18(11-28-16)22(33)27-8-9-31-14-25(2,3)15-31)30-23(34)19-12-29-32-13-21(35-24(19)32)17-4-6-26-7-5-17/h4-7,10-13,16,28H,8-9,14-15H2,1-3H3,(H,27,33)(H,30,34). The molecule has 0 saturated carbocycles. The minimum Gasteiger partial charge on any atom is -0.382 e. The summed E-state index contributed by atoms with van der Waals surface area (Å²) in [5, 5.41) is 13.5. The van der Waals surface area contributed by atoms with E-state index >= 15 is 0 Å². The number of carbonyl (C=O) groups excluding carboxylic acids is 2. The lowest BCUT2D eigenvalue weighted by Gasteiger charge is -2.45. The molecule has 0 bridgehead atoms. The Morgan fingerprint density at radius 2 is 2.00 bits per heavy atom. The molecule has 3 aromatic rings. The van der Waals surface area contributed by atoms with Gasteiger partial charge in [0.05, 0.1) is 28.3 Å². The van der Waals surface area contributed by atoms with Crippen LogP contribution in [0.15, 0.2) is 60.5 Å². The third-order valence-electron chi connectivity index (χ3n) is 6.21. The molecule has 0 aliphatic carbocycles. The normalized spacial score (nSPS) is 19.3. The largest absolute Gasteiger partial charge is 0.382 e.